The monoisotopic (exact) mass is 202 g/mol. The minimum atomic E-state index is -1.04. The smallest absolute Gasteiger partial charge is 0.161 e. The van der Waals surface area contributed by atoms with Crippen LogP contribution in [0.3, 0.4) is 0 Å². The highest BCUT2D eigenvalue weighted by atomic mass is 16.3. The molecule has 0 aliphatic carbocycles. The average molecular weight is 202 g/mol. The minimum Gasteiger partial charge on any atom is -0.378 e. The van der Waals surface area contributed by atoms with Gasteiger partial charge in [0.25, 0.3) is 0 Å². The Kier molecular flexibility index (Phi) is 3.28. The molecule has 0 saturated carbocycles. The van der Waals surface area contributed by atoms with E-state index in [9.17, 15) is 9.90 Å². The number of ketones is 1. The van der Waals surface area contributed by atoms with Crippen molar-refractivity contribution in [2.75, 3.05) is 0 Å². The van der Waals surface area contributed by atoms with Crippen molar-refractivity contribution in [1.29, 1.82) is 0 Å². The van der Waals surface area contributed by atoms with Gasteiger partial charge in [-0.05, 0) is 26.8 Å². The number of benzene rings is 1. The number of aliphatic hydroxyl groups is 1. The van der Waals surface area contributed by atoms with Gasteiger partial charge in [0, 0.05) is 11.1 Å². The summed E-state index contributed by atoms with van der Waals surface area (Å²) in [5.41, 5.74) is 0.213. The Morgan fingerprint density at radius 3 is 2.47 bits per heavy atom. The first-order valence-electron chi connectivity index (χ1n) is 4.76. The van der Waals surface area contributed by atoms with Crippen LogP contribution in [0.4, 0.5) is 0 Å². The molecule has 0 spiro atoms. The van der Waals surface area contributed by atoms with Crippen LogP contribution in [0.15, 0.2) is 24.3 Å². The van der Waals surface area contributed by atoms with E-state index in [1.165, 1.54) is 6.92 Å². The number of hydrogen-bond donors (Lipinski definition) is 1. The van der Waals surface area contributed by atoms with Crippen molar-refractivity contribution >= 4 is 5.78 Å². The van der Waals surface area contributed by atoms with Gasteiger partial charge >= 0.3 is 0 Å². The molecule has 0 heterocycles. The Balaban J connectivity index is 3.14. The summed E-state index contributed by atoms with van der Waals surface area (Å²) < 4.78 is 0. The number of carbonyl (C=O) groups is 1. The summed E-state index contributed by atoms with van der Waals surface area (Å²) in [5.74, 6) is 5.48. The van der Waals surface area contributed by atoms with Gasteiger partial charge in [0.05, 0.1) is 0 Å². The predicted molar refractivity (Wildman–Crippen MR) is 59.6 cm³/mol. The van der Waals surface area contributed by atoms with Crippen molar-refractivity contribution in [2.45, 2.75) is 26.4 Å². The summed E-state index contributed by atoms with van der Waals surface area (Å²) in [6, 6.07) is 7.12. The van der Waals surface area contributed by atoms with E-state index in [1.807, 2.05) is 6.07 Å². The summed E-state index contributed by atoms with van der Waals surface area (Å²) >= 11 is 0. The summed E-state index contributed by atoms with van der Waals surface area (Å²) in [4.78, 5) is 11.3. The highest BCUT2D eigenvalue weighted by Crippen LogP contribution is 2.08. The molecule has 0 aliphatic heterocycles. The fraction of sp³-hybridized carbons (Fsp3) is 0.308. The van der Waals surface area contributed by atoms with Gasteiger partial charge in [-0.1, -0.05) is 30.0 Å². The molecule has 1 N–H and O–H groups in total. The van der Waals surface area contributed by atoms with Crippen LogP contribution in [-0.2, 0) is 0 Å². The molecule has 78 valence electrons. The minimum absolute atomic E-state index is 0.0179. The molecule has 0 unspecified atom stereocenters. The SMILES string of the molecule is CC(=O)c1ccccc1C#CC(C)(C)O. The summed E-state index contributed by atoms with van der Waals surface area (Å²) in [6.07, 6.45) is 0. The topological polar surface area (TPSA) is 37.3 Å². The molecular formula is C13H14O2. The Hall–Kier alpha value is -1.59. The molecule has 1 aromatic carbocycles. The van der Waals surface area contributed by atoms with Crippen molar-refractivity contribution in [3.8, 4) is 11.8 Å². The zero-order chi connectivity index (χ0) is 11.5. The lowest BCUT2D eigenvalue weighted by molar-refractivity contribution is 0.101. The van der Waals surface area contributed by atoms with Gasteiger partial charge in [0.1, 0.15) is 5.60 Å². The Morgan fingerprint density at radius 1 is 1.33 bits per heavy atom. The lowest BCUT2D eigenvalue weighted by Crippen LogP contribution is -2.14. The van der Waals surface area contributed by atoms with E-state index in [0.29, 0.717) is 11.1 Å². The molecule has 0 fully saturated rings. The first kappa shape index (κ1) is 11.5. The summed E-state index contributed by atoms with van der Waals surface area (Å²) in [5, 5.41) is 9.45. The second-order valence-electron chi connectivity index (χ2n) is 3.91. The maximum atomic E-state index is 11.3. The zero-order valence-electron chi connectivity index (χ0n) is 9.16. The third-order valence-corrected chi connectivity index (χ3v) is 1.81. The summed E-state index contributed by atoms with van der Waals surface area (Å²) in [7, 11) is 0. The lowest BCUT2D eigenvalue weighted by atomic mass is 10.0. The Labute approximate surface area is 89.9 Å². The fourth-order valence-corrected chi connectivity index (χ4v) is 1.12. The molecule has 1 aromatic rings. The molecule has 1 rings (SSSR count). The third-order valence-electron chi connectivity index (χ3n) is 1.81. The molecule has 2 nitrogen and oxygen atoms in total. The van der Waals surface area contributed by atoms with Crippen LogP contribution in [0.5, 0.6) is 0 Å². The molecule has 0 amide bonds. The van der Waals surface area contributed by atoms with E-state index < -0.39 is 5.60 Å². The van der Waals surface area contributed by atoms with Gasteiger partial charge < -0.3 is 5.11 Å². The van der Waals surface area contributed by atoms with Crippen LogP contribution < -0.4 is 0 Å². The third kappa shape index (κ3) is 3.57. The molecule has 0 aromatic heterocycles. The molecule has 0 radical (unpaired) electrons. The van der Waals surface area contributed by atoms with Crippen molar-refractivity contribution in [3.63, 3.8) is 0 Å². The van der Waals surface area contributed by atoms with Crippen molar-refractivity contribution < 1.29 is 9.90 Å². The van der Waals surface area contributed by atoms with Gasteiger partial charge in [-0.3, -0.25) is 4.79 Å². The van der Waals surface area contributed by atoms with Crippen LogP contribution >= 0.6 is 0 Å². The fourth-order valence-electron chi connectivity index (χ4n) is 1.12. The molecule has 0 aliphatic rings. The number of rotatable bonds is 1. The molecular weight excluding hydrogens is 188 g/mol. The molecule has 2 heteroatoms. The first-order valence-corrected chi connectivity index (χ1v) is 4.76. The average Bonchev–Trinajstić information content (AvgIpc) is 2.14. The number of hydrogen-bond acceptors (Lipinski definition) is 2. The second kappa shape index (κ2) is 4.29. The standard InChI is InChI=1S/C13H14O2/c1-10(14)12-7-5-4-6-11(12)8-9-13(2,3)15/h4-7,15H,1-3H3. The van der Waals surface area contributed by atoms with Gasteiger partial charge in [0.15, 0.2) is 5.78 Å². The van der Waals surface area contributed by atoms with Gasteiger partial charge in [-0.2, -0.15) is 0 Å². The molecule has 0 atom stereocenters. The van der Waals surface area contributed by atoms with Crippen LogP contribution in [0.25, 0.3) is 0 Å². The number of carbonyl (C=O) groups excluding carboxylic acids is 1. The van der Waals surface area contributed by atoms with Gasteiger partial charge in [-0.25, -0.2) is 0 Å². The molecule has 0 bridgehead atoms. The maximum Gasteiger partial charge on any atom is 0.161 e. The van der Waals surface area contributed by atoms with E-state index in [2.05, 4.69) is 11.8 Å². The van der Waals surface area contributed by atoms with Crippen LogP contribution in [0.1, 0.15) is 36.7 Å². The molecule has 15 heavy (non-hydrogen) atoms. The van der Waals surface area contributed by atoms with Gasteiger partial charge in [-0.15, -0.1) is 0 Å². The van der Waals surface area contributed by atoms with Crippen molar-refractivity contribution in [3.05, 3.63) is 35.4 Å². The van der Waals surface area contributed by atoms with Crippen LogP contribution in [-0.4, -0.2) is 16.5 Å². The Bertz CT molecular complexity index is 428. The maximum absolute atomic E-state index is 11.3. The van der Waals surface area contributed by atoms with E-state index >= 15 is 0 Å². The van der Waals surface area contributed by atoms with Crippen LogP contribution in [0.2, 0.25) is 0 Å². The second-order valence-corrected chi connectivity index (χ2v) is 3.91. The normalized spacial score (nSPS) is 10.4. The van der Waals surface area contributed by atoms with E-state index in [1.54, 1.807) is 32.0 Å². The quantitative estimate of drug-likeness (QED) is 0.558. The largest absolute Gasteiger partial charge is 0.378 e. The highest BCUT2D eigenvalue weighted by molar-refractivity contribution is 5.96. The van der Waals surface area contributed by atoms with Crippen LogP contribution in [0, 0.1) is 11.8 Å². The predicted octanol–water partition coefficient (Wildman–Crippen LogP) is 2.01. The van der Waals surface area contributed by atoms with Gasteiger partial charge in [0.2, 0.25) is 0 Å². The van der Waals surface area contributed by atoms with E-state index in [0.717, 1.165) is 0 Å². The van der Waals surface area contributed by atoms with E-state index in [-0.39, 0.29) is 5.78 Å². The van der Waals surface area contributed by atoms with Crippen molar-refractivity contribution in [1.82, 2.24) is 0 Å². The lowest BCUT2D eigenvalue weighted by Gasteiger charge is -2.06. The Morgan fingerprint density at radius 2 is 1.93 bits per heavy atom. The van der Waals surface area contributed by atoms with E-state index in [4.69, 9.17) is 0 Å². The van der Waals surface area contributed by atoms with Crippen molar-refractivity contribution in [2.24, 2.45) is 0 Å². The molecule has 0 saturated heterocycles. The zero-order valence-corrected chi connectivity index (χ0v) is 9.16. The highest BCUT2D eigenvalue weighted by Gasteiger charge is 2.07. The number of Topliss-reactive ketones (excluding diaryl/α,β-unsaturated/α-hetero) is 1. The summed E-state index contributed by atoms with van der Waals surface area (Å²) in [6.45, 7) is 4.72. The first-order chi connectivity index (χ1) is 6.90.